The summed E-state index contributed by atoms with van der Waals surface area (Å²) in [7, 11) is 3.04. The normalized spacial score (nSPS) is 11.7. The van der Waals surface area contributed by atoms with Crippen LogP contribution in [-0.4, -0.2) is 47.7 Å². The maximum Gasteiger partial charge on any atom is 0.387 e. The molecule has 0 spiro atoms. The van der Waals surface area contributed by atoms with Crippen LogP contribution in [0.4, 0.5) is 13.9 Å². The van der Waals surface area contributed by atoms with Crippen LogP contribution in [0.2, 0.25) is 0 Å². The highest BCUT2D eigenvalue weighted by Crippen LogP contribution is 2.37. The summed E-state index contributed by atoms with van der Waals surface area (Å²) in [5, 5.41) is 11.4. The smallest absolute Gasteiger partial charge is 0.387 e. The number of nitrogens with zero attached hydrogens (tertiary/aromatic N) is 3. The Balaban J connectivity index is 1.66. The van der Waals surface area contributed by atoms with Crippen LogP contribution in [0.1, 0.15) is 12.0 Å². The van der Waals surface area contributed by atoms with Gasteiger partial charge < -0.3 is 14.6 Å². The number of carboxylic acids is 1. The minimum Gasteiger partial charge on any atom is -0.481 e. The maximum absolute atomic E-state index is 13.4. The number of aromatic nitrogens is 2. The number of halogens is 2. The first kappa shape index (κ1) is 27.6. The first-order valence-electron chi connectivity index (χ1n) is 11.8. The minimum absolute atomic E-state index is 0.0476. The molecule has 2 aromatic heterocycles. The third-order valence-electron chi connectivity index (χ3n) is 5.95. The lowest BCUT2D eigenvalue weighted by molar-refractivity contribution is -0.140. The number of carbonyl (C=O) groups excluding carboxylic acids is 1. The molecular weight excluding hydrogens is 528 g/mol. The lowest BCUT2D eigenvalue weighted by Crippen LogP contribution is -2.35. The van der Waals surface area contributed by atoms with Crippen molar-refractivity contribution in [2.45, 2.75) is 19.5 Å². The molecule has 2 aromatic carbocycles. The fourth-order valence-electron chi connectivity index (χ4n) is 4.09. The molecule has 8 nitrogen and oxygen atoms in total. The van der Waals surface area contributed by atoms with Gasteiger partial charge in [0.15, 0.2) is 5.13 Å². The van der Waals surface area contributed by atoms with Gasteiger partial charge >= 0.3 is 12.6 Å². The van der Waals surface area contributed by atoms with Gasteiger partial charge in [0.25, 0.3) is 0 Å². The molecule has 0 radical (unpaired) electrons. The lowest BCUT2D eigenvalue weighted by atomic mass is 9.95. The van der Waals surface area contributed by atoms with E-state index in [1.165, 1.54) is 42.5 Å². The summed E-state index contributed by atoms with van der Waals surface area (Å²) in [5.74, 6) is -1.90. The van der Waals surface area contributed by atoms with Gasteiger partial charge in [0.2, 0.25) is 11.8 Å². The van der Waals surface area contributed by atoms with E-state index < -0.39 is 24.4 Å². The molecule has 0 bridgehead atoms. The van der Waals surface area contributed by atoms with Crippen molar-refractivity contribution in [3.63, 3.8) is 0 Å². The molecule has 4 rings (SSSR count). The average molecular weight is 554 g/mol. The number of pyridine rings is 1. The van der Waals surface area contributed by atoms with Crippen molar-refractivity contribution < 1.29 is 33.0 Å². The Morgan fingerprint density at radius 3 is 2.49 bits per heavy atom. The van der Waals surface area contributed by atoms with Crippen molar-refractivity contribution in [2.75, 3.05) is 19.1 Å². The van der Waals surface area contributed by atoms with Gasteiger partial charge in [0.05, 0.1) is 25.1 Å². The van der Waals surface area contributed by atoms with E-state index in [9.17, 15) is 23.5 Å². The highest BCUT2D eigenvalue weighted by Gasteiger charge is 2.27. The second kappa shape index (κ2) is 12.4. The van der Waals surface area contributed by atoms with E-state index in [1.54, 1.807) is 29.8 Å². The van der Waals surface area contributed by atoms with E-state index >= 15 is 0 Å². The SMILES string of the molecule is COc1ccc(-c2ccc(OC(F)F)cc2-c2csc(N(C)C(=O)[C@@H](CC(=O)O)Cc3ccccc3)n2)cn1. The van der Waals surface area contributed by atoms with E-state index in [1.807, 2.05) is 30.3 Å². The number of alkyl halides is 2. The molecule has 11 heteroatoms. The molecule has 0 saturated heterocycles. The van der Waals surface area contributed by atoms with Crippen LogP contribution in [-0.2, 0) is 16.0 Å². The Bertz CT molecular complexity index is 1430. The zero-order valence-electron chi connectivity index (χ0n) is 21.1. The lowest BCUT2D eigenvalue weighted by Gasteiger charge is -2.21. The van der Waals surface area contributed by atoms with Crippen molar-refractivity contribution in [3.8, 4) is 34.0 Å². The molecule has 1 amide bonds. The zero-order valence-corrected chi connectivity index (χ0v) is 21.9. The number of rotatable bonds is 11. The number of carbonyl (C=O) groups is 2. The summed E-state index contributed by atoms with van der Waals surface area (Å²) in [4.78, 5) is 35.0. The Morgan fingerprint density at radius 1 is 1.08 bits per heavy atom. The van der Waals surface area contributed by atoms with Crippen LogP contribution in [0.15, 0.2) is 72.2 Å². The Morgan fingerprint density at radius 2 is 1.85 bits per heavy atom. The number of carboxylic acid groups (broad SMARTS) is 1. The summed E-state index contributed by atoms with van der Waals surface area (Å²) in [6, 6.07) is 17.2. The summed E-state index contributed by atoms with van der Waals surface area (Å²) in [5.41, 5.74) is 3.12. The van der Waals surface area contributed by atoms with Gasteiger partial charge in [-0.3, -0.25) is 14.5 Å². The number of amides is 1. The van der Waals surface area contributed by atoms with Gasteiger partial charge in [-0.25, -0.2) is 9.97 Å². The molecule has 2 heterocycles. The molecule has 1 N–H and O–H groups in total. The van der Waals surface area contributed by atoms with Crippen molar-refractivity contribution >= 4 is 28.3 Å². The molecule has 39 heavy (non-hydrogen) atoms. The van der Waals surface area contributed by atoms with Crippen molar-refractivity contribution in [3.05, 3.63) is 77.8 Å². The van der Waals surface area contributed by atoms with Gasteiger partial charge in [-0.15, -0.1) is 11.3 Å². The van der Waals surface area contributed by atoms with Crippen molar-refractivity contribution in [1.29, 1.82) is 0 Å². The van der Waals surface area contributed by atoms with E-state index in [-0.39, 0.29) is 18.6 Å². The quantitative estimate of drug-likeness (QED) is 0.251. The third kappa shape index (κ3) is 6.94. The first-order chi connectivity index (χ1) is 18.7. The fraction of sp³-hybridized carbons (Fsp3) is 0.214. The standard InChI is InChI=1S/C28H25F2N3O5S/c1-33(26(36)19(13-25(34)35)12-17-6-4-3-5-7-17)28-32-23(16-39-28)22-14-20(38-27(29)30)9-10-21(22)18-8-11-24(37-2)31-15-18/h3-11,14-16,19,27H,12-13H2,1-2H3,(H,34,35)/t19-/m1/s1. The van der Waals surface area contributed by atoms with Crippen LogP contribution in [0.3, 0.4) is 0 Å². The topological polar surface area (TPSA) is 102 Å². The predicted octanol–water partition coefficient (Wildman–Crippen LogP) is 5.78. The summed E-state index contributed by atoms with van der Waals surface area (Å²) in [6.07, 6.45) is 1.52. The summed E-state index contributed by atoms with van der Waals surface area (Å²) in [6.45, 7) is -3.00. The molecular formula is C28H25F2N3O5S. The van der Waals surface area contributed by atoms with Crippen LogP contribution < -0.4 is 14.4 Å². The molecule has 202 valence electrons. The number of hydrogen-bond acceptors (Lipinski definition) is 7. The fourth-order valence-corrected chi connectivity index (χ4v) is 4.89. The number of hydrogen-bond donors (Lipinski definition) is 1. The predicted molar refractivity (Wildman–Crippen MR) is 143 cm³/mol. The van der Waals surface area contributed by atoms with Crippen LogP contribution in [0.25, 0.3) is 22.4 Å². The summed E-state index contributed by atoms with van der Waals surface area (Å²) < 4.78 is 35.6. The number of aliphatic carboxylic acids is 1. The van der Waals surface area contributed by atoms with E-state index in [2.05, 4.69) is 14.7 Å². The number of methoxy groups -OCH3 is 1. The van der Waals surface area contributed by atoms with Crippen LogP contribution in [0.5, 0.6) is 11.6 Å². The highest BCUT2D eigenvalue weighted by atomic mass is 32.1. The highest BCUT2D eigenvalue weighted by molar-refractivity contribution is 7.14. The van der Waals surface area contributed by atoms with Gasteiger partial charge in [-0.1, -0.05) is 30.3 Å². The van der Waals surface area contributed by atoms with E-state index in [0.29, 0.717) is 33.4 Å². The molecule has 0 saturated carbocycles. The number of benzene rings is 2. The maximum atomic E-state index is 13.4. The first-order valence-corrected chi connectivity index (χ1v) is 12.7. The van der Waals surface area contributed by atoms with E-state index in [4.69, 9.17) is 4.74 Å². The largest absolute Gasteiger partial charge is 0.481 e. The monoisotopic (exact) mass is 553 g/mol. The molecule has 0 aliphatic rings. The minimum atomic E-state index is -3.00. The van der Waals surface area contributed by atoms with Crippen LogP contribution >= 0.6 is 11.3 Å². The number of anilines is 1. The van der Waals surface area contributed by atoms with E-state index in [0.717, 1.165) is 5.56 Å². The van der Waals surface area contributed by atoms with Crippen molar-refractivity contribution in [1.82, 2.24) is 9.97 Å². The Hall–Kier alpha value is -4.38. The second-order valence-electron chi connectivity index (χ2n) is 8.57. The van der Waals surface area contributed by atoms with Gasteiger partial charge in [-0.05, 0) is 41.8 Å². The van der Waals surface area contributed by atoms with Gasteiger partial charge in [0.1, 0.15) is 5.75 Å². The van der Waals surface area contributed by atoms with Crippen molar-refractivity contribution in [2.24, 2.45) is 5.92 Å². The van der Waals surface area contributed by atoms with Crippen LogP contribution in [0, 0.1) is 5.92 Å². The number of thiazole rings is 1. The Labute approximate surface area is 227 Å². The average Bonchev–Trinajstić information content (AvgIpc) is 3.42. The molecule has 0 fully saturated rings. The Kier molecular flexibility index (Phi) is 8.82. The van der Waals surface area contributed by atoms with Gasteiger partial charge in [0, 0.05) is 35.8 Å². The zero-order chi connectivity index (χ0) is 27.9. The molecule has 0 aliphatic carbocycles. The van der Waals surface area contributed by atoms with Gasteiger partial charge in [-0.2, -0.15) is 8.78 Å². The third-order valence-corrected chi connectivity index (χ3v) is 6.87. The summed E-state index contributed by atoms with van der Waals surface area (Å²) >= 11 is 1.18. The molecule has 0 unspecified atom stereocenters. The molecule has 1 atom stereocenters. The number of ether oxygens (including phenoxy) is 2. The molecule has 0 aliphatic heterocycles. The second-order valence-corrected chi connectivity index (χ2v) is 9.41. The molecule has 4 aromatic rings.